The molecule has 5 N–H and O–H groups in total. The van der Waals surface area contributed by atoms with Crippen LogP contribution in [-0.4, -0.2) is 42.0 Å². The molecule has 0 unspecified atom stereocenters. The zero-order valence-electron chi connectivity index (χ0n) is 21.9. The molecule has 34 heavy (non-hydrogen) atoms. The molecular weight excluding hydrogens is 430 g/mol. The van der Waals surface area contributed by atoms with E-state index in [1.165, 1.54) is 57.8 Å². The predicted molar refractivity (Wildman–Crippen MR) is 140 cm³/mol. The molecule has 200 valence electrons. The topological polar surface area (TPSA) is 122 Å². The Labute approximate surface area is 208 Å². The second-order valence-electron chi connectivity index (χ2n) is 9.54. The number of aliphatic carboxylic acids is 1. The summed E-state index contributed by atoms with van der Waals surface area (Å²) in [7, 11) is 0. The highest BCUT2D eigenvalue weighted by Crippen LogP contribution is 2.14. The van der Waals surface area contributed by atoms with Crippen molar-refractivity contribution in [3.8, 4) is 0 Å². The van der Waals surface area contributed by atoms with Gasteiger partial charge in [0.05, 0.1) is 0 Å². The van der Waals surface area contributed by atoms with Gasteiger partial charge in [-0.05, 0) is 19.3 Å². The molecule has 0 heterocycles. The summed E-state index contributed by atoms with van der Waals surface area (Å²) in [5.41, 5.74) is 5.46. The Hall–Kier alpha value is -1.63. The molecule has 0 radical (unpaired) electrons. The zero-order chi connectivity index (χ0) is 25.3. The van der Waals surface area contributed by atoms with Gasteiger partial charge in [0.25, 0.3) is 0 Å². The first-order valence-corrected chi connectivity index (χ1v) is 14.0. The SMILES string of the molecule is CCCCC[C@H](NC(=O)CCCCCCCCCCCCCCCCC(=O)O)C(=O)NCCN. The maximum atomic E-state index is 12.3. The quantitative estimate of drug-likeness (QED) is 0.129. The van der Waals surface area contributed by atoms with Crippen LogP contribution in [0.25, 0.3) is 0 Å². The highest BCUT2D eigenvalue weighted by molar-refractivity contribution is 5.87. The fourth-order valence-corrected chi connectivity index (χ4v) is 4.14. The summed E-state index contributed by atoms with van der Waals surface area (Å²) in [6.45, 7) is 2.97. The lowest BCUT2D eigenvalue weighted by molar-refractivity contribution is -0.137. The van der Waals surface area contributed by atoms with E-state index in [1.54, 1.807) is 0 Å². The van der Waals surface area contributed by atoms with Gasteiger partial charge in [-0.25, -0.2) is 0 Å². The first-order chi connectivity index (χ1) is 16.5. The molecule has 0 aromatic carbocycles. The number of unbranched alkanes of at least 4 members (excludes halogenated alkanes) is 15. The molecule has 0 aliphatic heterocycles. The summed E-state index contributed by atoms with van der Waals surface area (Å²) in [5.74, 6) is -0.825. The molecule has 0 saturated carbocycles. The van der Waals surface area contributed by atoms with Gasteiger partial charge in [-0.1, -0.05) is 103 Å². The first-order valence-electron chi connectivity index (χ1n) is 14.0. The molecule has 0 spiro atoms. The van der Waals surface area contributed by atoms with Crippen LogP contribution < -0.4 is 16.4 Å². The van der Waals surface area contributed by atoms with Crippen molar-refractivity contribution < 1.29 is 19.5 Å². The lowest BCUT2D eigenvalue weighted by Gasteiger charge is -2.18. The average molecular weight is 484 g/mol. The van der Waals surface area contributed by atoms with Gasteiger partial charge in [-0.15, -0.1) is 0 Å². The Morgan fingerprint density at radius 2 is 1.18 bits per heavy atom. The summed E-state index contributed by atoms with van der Waals surface area (Å²) in [4.78, 5) is 35.0. The lowest BCUT2D eigenvalue weighted by atomic mass is 10.0. The van der Waals surface area contributed by atoms with E-state index in [2.05, 4.69) is 17.6 Å². The number of hydrogen-bond donors (Lipinski definition) is 4. The smallest absolute Gasteiger partial charge is 0.303 e. The molecule has 2 amide bonds. The third-order valence-electron chi connectivity index (χ3n) is 6.24. The zero-order valence-corrected chi connectivity index (χ0v) is 21.9. The second-order valence-corrected chi connectivity index (χ2v) is 9.54. The van der Waals surface area contributed by atoms with Gasteiger partial charge in [0, 0.05) is 25.9 Å². The Morgan fingerprint density at radius 1 is 0.706 bits per heavy atom. The molecule has 0 aliphatic carbocycles. The Balaban J connectivity index is 3.61. The van der Waals surface area contributed by atoms with Crippen molar-refractivity contribution in [2.75, 3.05) is 13.1 Å². The van der Waals surface area contributed by atoms with E-state index in [-0.39, 0.29) is 11.8 Å². The summed E-state index contributed by atoms with van der Waals surface area (Å²) >= 11 is 0. The van der Waals surface area contributed by atoms with Crippen LogP contribution in [0.15, 0.2) is 0 Å². The highest BCUT2D eigenvalue weighted by atomic mass is 16.4. The fraction of sp³-hybridized carbons (Fsp3) is 0.889. The van der Waals surface area contributed by atoms with Crippen LogP contribution in [0, 0.1) is 0 Å². The number of carbonyl (C=O) groups is 3. The lowest BCUT2D eigenvalue weighted by Crippen LogP contribution is -2.47. The van der Waals surface area contributed by atoms with E-state index < -0.39 is 12.0 Å². The van der Waals surface area contributed by atoms with Gasteiger partial charge in [0.2, 0.25) is 11.8 Å². The van der Waals surface area contributed by atoms with E-state index in [4.69, 9.17) is 10.8 Å². The summed E-state index contributed by atoms with van der Waals surface area (Å²) < 4.78 is 0. The largest absolute Gasteiger partial charge is 0.481 e. The molecule has 1 atom stereocenters. The number of nitrogens with two attached hydrogens (primary N) is 1. The van der Waals surface area contributed by atoms with Crippen molar-refractivity contribution in [3.05, 3.63) is 0 Å². The van der Waals surface area contributed by atoms with E-state index in [0.29, 0.717) is 32.4 Å². The normalized spacial score (nSPS) is 11.8. The monoisotopic (exact) mass is 483 g/mol. The van der Waals surface area contributed by atoms with Crippen LogP contribution >= 0.6 is 0 Å². The van der Waals surface area contributed by atoms with Gasteiger partial charge in [-0.3, -0.25) is 14.4 Å². The molecule has 0 aliphatic rings. The van der Waals surface area contributed by atoms with Gasteiger partial charge in [0.15, 0.2) is 0 Å². The molecule has 7 heteroatoms. The van der Waals surface area contributed by atoms with Crippen molar-refractivity contribution in [1.29, 1.82) is 0 Å². The number of carbonyl (C=O) groups excluding carboxylic acids is 2. The maximum Gasteiger partial charge on any atom is 0.303 e. The minimum Gasteiger partial charge on any atom is -0.481 e. The van der Waals surface area contributed by atoms with E-state index in [9.17, 15) is 14.4 Å². The van der Waals surface area contributed by atoms with Gasteiger partial charge in [0.1, 0.15) is 6.04 Å². The number of amides is 2. The molecule has 0 saturated heterocycles. The minimum atomic E-state index is -0.683. The number of carboxylic acids is 1. The van der Waals surface area contributed by atoms with Crippen molar-refractivity contribution in [2.24, 2.45) is 5.73 Å². The van der Waals surface area contributed by atoms with Crippen LogP contribution in [0.4, 0.5) is 0 Å². The molecular formula is C27H53N3O4. The van der Waals surface area contributed by atoms with Crippen LogP contribution in [0.5, 0.6) is 0 Å². The Bertz CT molecular complexity index is 514. The Kier molecular flexibility index (Phi) is 23.3. The third kappa shape index (κ3) is 22.2. The van der Waals surface area contributed by atoms with Gasteiger partial charge >= 0.3 is 5.97 Å². The number of nitrogens with one attached hydrogen (secondary N) is 2. The average Bonchev–Trinajstić information content (AvgIpc) is 2.81. The number of hydrogen-bond acceptors (Lipinski definition) is 4. The number of carboxylic acid groups (broad SMARTS) is 1. The third-order valence-corrected chi connectivity index (χ3v) is 6.24. The molecule has 0 aromatic rings. The number of rotatable bonds is 25. The molecule has 0 fully saturated rings. The summed E-state index contributed by atoms with van der Waals surface area (Å²) in [6, 6.07) is -0.442. The fourth-order valence-electron chi connectivity index (χ4n) is 4.14. The molecule has 0 bridgehead atoms. The van der Waals surface area contributed by atoms with Crippen molar-refractivity contribution in [2.45, 2.75) is 141 Å². The standard InChI is InChI=1S/C27H53N3O4/c1-2-3-16-19-24(27(34)29-23-22-28)30-25(31)20-17-14-12-10-8-6-4-5-7-9-11-13-15-18-21-26(32)33/h24H,2-23,28H2,1H3,(H,29,34)(H,30,31)(H,32,33)/t24-/m0/s1. The van der Waals surface area contributed by atoms with Crippen molar-refractivity contribution >= 4 is 17.8 Å². The van der Waals surface area contributed by atoms with E-state index >= 15 is 0 Å². The highest BCUT2D eigenvalue weighted by Gasteiger charge is 2.19. The van der Waals surface area contributed by atoms with Gasteiger partial charge < -0.3 is 21.5 Å². The summed E-state index contributed by atoms with van der Waals surface area (Å²) in [6.07, 6.45) is 20.9. The molecule has 0 aromatic heterocycles. The van der Waals surface area contributed by atoms with E-state index in [1.807, 2.05) is 0 Å². The second kappa shape index (κ2) is 24.5. The minimum absolute atomic E-state index is 0.0220. The predicted octanol–water partition coefficient (Wildman–Crippen LogP) is 5.45. The maximum absolute atomic E-state index is 12.3. The van der Waals surface area contributed by atoms with Gasteiger partial charge in [-0.2, -0.15) is 0 Å². The Morgan fingerprint density at radius 3 is 1.62 bits per heavy atom. The van der Waals surface area contributed by atoms with Crippen molar-refractivity contribution in [3.63, 3.8) is 0 Å². The van der Waals surface area contributed by atoms with Crippen LogP contribution in [-0.2, 0) is 14.4 Å². The summed E-state index contributed by atoms with van der Waals surface area (Å²) in [5, 5.41) is 14.3. The van der Waals surface area contributed by atoms with E-state index in [0.717, 1.165) is 51.4 Å². The van der Waals surface area contributed by atoms with Crippen LogP contribution in [0.2, 0.25) is 0 Å². The molecule has 7 nitrogen and oxygen atoms in total. The van der Waals surface area contributed by atoms with Crippen molar-refractivity contribution in [1.82, 2.24) is 10.6 Å². The van der Waals surface area contributed by atoms with Crippen LogP contribution in [0.1, 0.15) is 135 Å². The van der Waals surface area contributed by atoms with Crippen LogP contribution in [0.3, 0.4) is 0 Å². The molecule has 0 rings (SSSR count). The first kappa shape index (κ1) is 32.4.